The van der Waals surface area contributed by atoms with Gasteiger partial charge in [-0.15, -0.1) is 0 Å². The maximum Gasteiger partial charge on any atom is 0.0781 e. The molecule has 0 aliphatic heterocycles. The lowest BCUT2D eigenvalue weighted by molar-refractivity contribution is 0.0399. The van der Waals surface area contributed by atoms with Crippen LogP contribution in [0.1, 0.15) is 37.9 Å². The Morgan fingerprint density at radius 2 is 1.88 bits per heavy atom. The molecule has 0 spiro atoms. The molecule has 0 amide bonds. The molecule has 0 unspecified atom stereocenters. The molecule has 90 valence electrons. The molecule has 1 rings (SSSR count). The van der Waals surface area contributed by atoms with Crippen molar-refractivity contribution in [2.75, 3.05) is 0 Å². The highest BCUT2D eigenvalue weighted by Gasteiger charge is 2.29. The highest BCUT2D eigenvalue weighted by Crippen LogP contribution is 2.32. The Bertz CT molecular complexity index is 371. The molecule has 16 heavy (non-hydrogen) atoms. The maximum absolute atomic E-state index is 10.2. The SMILES string of the molecule is Cc1ccc([C@H](N)[C@H](O)C(C)(C)C)c(Br)c1. The molecule has 2 nitrogen and oxygen atoms in total. The van der Waals surface area contributed by atoms with Crippen molar-refractivity contribution in [2.24, 2.45) is 11.1 Å². The van der Waals surface area contributed by atoms with E-state index >= 15 is 0 Å². The van der Waals surface area contributed by atoms with Gasteiger partial charge >= 0.3 is 0 Å². The summed E-state index contributed by atoms with van der Waals surface area (Å²) in [4.78, 5) is 0. The van der Waals surface area contributed by atoms with Crippen molar-refractivity contribution in [1.82, 2.24) is 0 Å². The van der Waals surface area contributed by atoms with Gasteiger partial charge in [0.2, 0.25) is 0 Å². The second-order valence-electron chi connectivity index (χ2n) is 5.36. The Labute approximate surface area is 106 Å². The Balaban J connectivity index is 3.01. The molecule has 0 aromatic heterocycles. The van der Waals surface area contributed by atoms with Crippen LogP contribution in [0.5, 0.6) is 0 Å². The van der Waals surface area contributed by atoms with E-state index in [0.29, 0.717) is 0 Å². The molecule has 0 bridgehead atoms. The third-order valence-electron chi connectivity index (χ3n) is 2.74. The zero-order chi connectivity index (χ0) is 12.5. The van der Waals surface area contributed by atoms with Crippen LogP contribution in [-0.4, -0.2) is 11.2 Å². The van der Waals surface area contributed by atoms with Gasteiger partial charge in [0, 0.05) is 4.47 Å². The van der Waals surface area contributed by atoms with Gasteiger partial charge in [-0.25, -0.2) is 0 Å². The topological polar surface area (TPSA) is 46.2 Å². The minimum absolute atomic E-state index is 0.219. The average Bonchev–Trinajstić information content (AvgIpc) is 2.14. The average molecular weight is 286 g/mol. The molecule has 0 heterocycles. The number of hydrogen-bond acceptors (Lipinski definition) is 2. The summed E-state index contributed by atoms with van der Waals surface area (Å²) in [5.41, 5.74) is 8.00. The van der Waals surface area contributed by atoms with Crippen LogP contribution in [0.2, 0.25) is 0 Å². The molecule has 3 heteroatoms. The third kappa shape index (κ3) is 3.06. The Kier molecular flexibility index (Phi) is 4.16. The largest absolute Gasteiger partial charge is 0.391 e. The molecule has 3 N–H and O–H groups in total. The van der Waals surface area contributed by atoms with Crippen molar-refractivity contribution >= 4 is 15.9 Å². The summed E-state index contributed by atoms with van der Waals surface area (Å²) in [5.74, 6) is 0. The van der Waals surface area contributed by atoms with Crippen LogP contribution in [0.4, 0.5) is 0 Å². The summed E-state index contributed by atoms with van der Waals surface area (Å²) in [7, 11) is 0. The monoisotopic (exact) mass is 285 g/mol. The van der Waals surface area contributed by atoms with Gasteiger partial charge in [0.05, 0.1) is 12.1 Å². The number of aryl methyl sites for hydroxylation is 1. The van der Waals surface area contributed by atoms with Crippen molar-refractivity contribution in [3.63, 3.8) is 0 Å². The number of halogens is 1. The van der Waals surface area contributed by atoms with Crippen molar-refractivity contribution in [1.29, 1.82) is 0 Å². The zero-order valence-corrected chi connectivity index (χ0v) is 11.9. The summed E-state index contributed by atoms with van der Waals surface area (Å²) in [6, 6.07) is 5.63. The van der Waals surface area contributed by atoms with Crippen LogP contribution in [0.3, 0.4) is 0 Å². The van der Waals surface area contributed by atoms with Gasteiger partial charge in [-0.05, 0) is 29.5 Å². The minimum Gasteiger partial charge on any atom is -0.391 e. The van der Waals surface area contributed by atoms with E-state index in [1.165, 1.54) is 5.56 Å². The summed E-state index contributed by atoms with van der Waals surface area (Å²) < 4.78 is 0.961. The van der Waals surface area contributed by atoms with Crippen molar-refractivity contribution in [3.8, 4) is 0 Å². The second kappa shape index (κ2) is 4.86. The third-order valence-corrected chi connectivity index (χ3v) is 3.43. The smallest absolute Gasteiger partial charge is 0.0781 e. The molecular formula is C13H20BrNO. The first-order valence-corrected chi connectivity index (χ1v) is 6.22. The predicted molar refractivity (Wildman–Crippen MR) is 71.3 cm³/mol. The first-order valence-electron chi connectivity index (χ1n) is 5.43. The van der Waals surface area contributed by atoms with Gasteiger partial charge in [-0.1, -0.05) is 48.8 Å². The number of nitrogens with two attached hydrogens (primary N) is 1. The van der Waals surface area contributed by atoms with E-state index in [1.54, 1.807) is 0 Å². The highest BCUT2D eigenvalue weighted by atomic mass is 79.9. The molecular weight excluding hydrogens is 266 g/mol. The van der Waals surface area contributed by atoms with E-state index in [4.69, 9.17) is 5.73 Å². The Hall–Kier alpha value is -0.380. The number of aliphatic hydroxyl groups excluding tert-OH is 1. The fourth-order valence-corrected chi connectivity index (χ4v) is 2.37. The quantitative estimate of drug-likeness (QED) is 0.877. The van der Waals surface area contributed by atoms with Crippen LogP contribution < -0.4 is 5.73 Å². The molecule has 0 saturated carbocycles. The summed E-state index contributed by atoms with van der Waals surface area (Å²) in [6.07, 6.45) is -0.563. The van der Waals surface area contributed by atoms with Crippen LogP contribution in [-0.2, 0) is 0 Å². The van der Waals surface area contributed by atoms with Gasteiger partial charge in [0.15, 0.2) is 0 Å². The van der Waals surface area contributed by atoms with E-state index in [2.05, 4.69) is 15.9 Å². The lowest BCUT2D eigenvalue weighted by Gasteiger charge is -2.31. The Morgan fingerprint density at radius 1 is 1.31 bits per heavy atom. The first-order chi connectivity index (χ1) is 7.23. The lowest BCUT2D eigenvalue weighted by atomic mass is 9.82. The lowest BCUT2D eigenvalue weighted by Crippen LogP contribution is -2.37. The van der Waals surface area contributed by atoms with Gasteiger partial charge in [-0.2, -0.15) is 0 Å². The van der Waals surface area contributed by atoms with E-state index in [9.17, 15) is 5.11 Å². The minimum atomic E-state index is -0.563. The van der Waals surface area contributed by atoms with Gasteiger partial charge in [0.25, 0.3) is 0 Å². The summed E-state index contributed by atoms with van der Waals surface area (Å²) in [5, 5.41) is 10.2. The van der Waals surface area contributed by atoms with Crippen molar-refractivity contribution < 1.29 is 5.11 Å². The van der Waals surface area contributed by atoms with E-state index < -0.39 is 6.10 Å². The van der Waals surface area contributed by atoms with Crippen LogP contribution in [0.25, 0.3) is 0 Å². The second-order valence-corrected chi connectivity index (χ2v) is 6.22. The standard InChI is InChI=1S/C13H20BrNO/c1-8-5-6-9(10(14)7-8)11(15)12(16)13(2,3)4/h5-7,11-12,16H,15H2,1-4H3/t11-,12-/m0/s1. The Morgan fingerprint density at radius 3 is 2.31 bits per heavy atom. The first kappa shape index (κ1) is 13.7. The number of hydrogen-bond donors (Lipinski definition) is 2. The van der Waals surface area contributed by atoms with Crippen LogP contribution in [0, 0.1) is 12.3 Å². The van der Waals surface area contributed by atoms with Crippen LogP contribution in [0.15, 0.2) is 22.7 Å². The molecule has 1 aromatic rings. The van der Waals surface area contributed by atoms with Gasteiger partial charge in [0.1, 0.15) is 0 Å². The molecule has 2 atom stereocenters. The molecule has 0 aliphatic rings. The fraction of sp³-hybridized carbons (Fsp3) is 0.538. The predicted octanol–water partition coefficient (Wildman–Crippen LogP) is 3.16. The molecule has 1 aromatic carbocycles. The summed E-state index contributed by atoms with van der Waals surface area (Å²) >= 11 is 3.49. The van der Waals surface area contributed by atoms with Crippen molar-refractivity contribution in [2.45, 2.75) is 39.8 Å². The van der Waals surface area contributed by atoms with Crippen LogP contribution >= 0.6 is 15.9 Å². The molecule has 0 aliphatic carbocycles. The van der Waals surface area contributed by atoms with E-state index in [0.717, 1.165) is 10.0 Å². The van der Waals surface area contributed by atoms with Gasteiger partial charge < -0.3 is 10.8 Å². The maximum atomic E-state index is 10.2. The number of aliphatic hydroxyl groups is 1. The fourth-order valence-electron chi connectivity index (χ4n) is 1.61. The molecule has 0 saturated heterocycles. The number of rotatable bonds is 2. The zero-order valence-electron chi connectivity index (χ0n) is 10.3. The molecule has 0 radical (unpaired) electrons. The highest BCUT2D eigenvalue weighted by molar-refractivity contribution is 9.10. The van der Waals surface area contributed by atoms with E-state index in [-0.39, 0.29) is 11.5 Å². The van der Waals surface area contributed by atoms with Gasteiger partial charge in [-0.3, -0.25) is 0 Å². The number of benzene rings is 1. The van der Waals surface area contributed by atoms with E-state index in [1.807, 2.05) is 45.9 Å². The summed E-state index contributed by atoms with van der Waals surface area (Å²) in [6.45, 7) is 7.99. The normalized spacial score (nSPS) is 15.9. The molecule has 0 fully saturated rings. The van der Waals surface area contributed by atoms with Crippen molar-refractivity contribution in [3.05, 3.63) is 33.8 Å².